The summed E-state index contributed by atoms with van der Waals surface area (Å²) in [6, 6.07) is 0. The molecule has 3 rings (SSSR count). The number of piperidine rings is 1. The van der Waals surface area contributed by atoms with E-state index in [9.17, 15) is 14.4 Å². The fraction of sp³-hybridized carbons (Fsp3) is 0.850. The Kier molecular flexibility index (Phi) is 6.27. The summed E-state index contributed by atoms with van der Waals surface area (Å²) in [4.78, 5) is 42.3. The Balaban J connectivity index is 1.48. The zero-order valence-corrected chi connectivity index (χ0v) is 16.7. The van der Waals surface area contributed by atoms with Gasteiger partial charge in [0.15, 0.2) is 0 Å². The number of rotatable bonds is 7. The molecule has 0 saturated carbocycles. The maximum absolute atomic E-state index is 12.8. The first-order valence-corrected chi connectivity index (χ1v) is 10.5. The molecule has 3 aliphatic heterocycles. The van der Waals surface area contributed by atoms with Gasteiger partial charge in [-0.05, 0) is 13.3 Å². The third kappa shape index (κ3) is 4.38. The van der Waals surface area contributed by atoms with Gasteiger partial charge in [0.1, 0.15) is 5.60 Å². The lowest BCUT2D eigenvalue weighted by atomic mass is 9.90. The number of nitrogens with zero attached hydrogens (tertiary/aromatic N) is 3. The normalized spacial score (nSPS) is 24.8. The summed E-state index contributed by atoms with van der Waals surface area (Å²) in [5.74, 6) is -0.0599. The molecule has 0 aliphatic carbocycles. The minimum absolute atomic E-state index is 0.0766. The van der Waals surface area contributed by atoms with Gasteiger partial charge in [0, 0.05) is 52.0 Å². The predicted octanol–water partition coefficient (Wildman–Crippen LogP) is 2.25. The van der Waals surface area contributed by atoms with Gasteiger partial charge in [-0.25, -0.2) is 4.79 Å². The van der Waals surface area contributed by atoms with Crippen LogP contribution in [0.15, 0.2) is 0 Å². The van der Waals surface area contributed by atoms with E-state index >= 15 is 0 Å². The molecule has 3 aliphatic rings. The third-order valence-electron chi connectivity index (χ3n) is 6.25. The molecule has 3 saturated heterocycles. The van der Waals surface area contributed by atoms with E-state index in [2.05, 4.69) is 6.92 Å². The lowest BCUT2D eigenvalue weighted by molar-refractivity contribution is -0.139. The smallest absolute Gasteiger partial charge is 0.410 e. The molecule has 3 heterocycles. The molecule has 1 spiro atoms. The van der Waals surface area contributed by atoms with Crippen molar-refractivity contribution in [1.82, 2.24) is 14.7 Å². The second kappa shape index (κ2) is 8.48. The number of amides is 3. The van der Waals surface area contributed by atoms with Crippen LogP contribution < -0.4 is 0 Å². The van der Waals surface area contributed by atoms with Crippen LogP contribution >= 0.6 is 0 Å². The van der Waals surface area contributed by atoms with Gasteiger partial charge in [0.2, 0.25) is 11.8 Å². The molecule has 7 heteroatoms. The molecule has 3 amide bonds. The van der Waals surface area contributed by atoms with E-state index in [1.807, 2.05) is 16.7 Å². The molecule has 152 valence electrons. The summed E-state index contributed by atoms with van der Waals surface area (Å²) >= 11 is 0. The lowest BCUT2D eigenvalue weighted by Gasteiger charge is -2.38. The molecule has 0 aromatic carbocycles. The first-order chi connectivity index (χ1) is 13.0. The topological polar surface area (TPSA) is 70.2 Å². The van der Waals surface area contributed by atoms with Crippen LogP contribution in [0.5, 0.6) is 0 Å². The average Bonchev–Trinajstić information content (AvgIpc) is 3.18. The predicted molar refractivity (Wildman–Crippen MR) is 101 cm³/mol. The summed E-state index contributed by atoms with van der Waals surface area (Å²) in [5.41, 5.74) is -0.431. The first kappa shape index (κ1) is 20.0. The Hall–Kier alpha value is -1.79. The zero-order chi connectivity index (χ0) is 19.4. The van der Waals surface area contributed by atoms with Crippen LogP contribution in [0.25, 0.3) is 0 Å². The van der Waals surface area contributed by atoms with E-state index < -0.39 is 5.60 Å². The Bertz CT molecular complexity index is 572. The highest BCUT2D eigenvalue weighted by Crippen LogP contribution is 2.34. The molecular weight excluding hydrogens is 346 g/mol. The van der Waals surface area contributed by atoms with Crippen LogP contribution in [0, 0.1) is 5.92 Å². The van der Waals surface area contributed by atoms with Gasteiger partial charge in [-0.2, -0.15) is 0 Å². The lowest BCUT2D eigenvalue weighted by Crippen LogP contribution is -2.50. The van der Waals surface area contributed by atoms with Crippen LogP contribution in [0.4, 0.5) is 4.79 Å². The molecule has 1 atom stereocenters. The van der Waals surface area contributed by atoms with Gasteiger partial charge < -0.3 is 19.4 Å². The Morgan fingerprint density at radius 2 is 1.85 bits per heavy atom. The molecular formula is C20H33N3O4. The highest BCUT2D eigenvalue weighted by molar-refractivity contribution is 5.89. The molecule has 0 unspecified atom stereocenters. The SMILES string of the molecule is CCCCCCN1CC2(CCN(C(=O)[C@@H]3CC(=O)N(CC)C3)CC2)OC1=O. The van der Waals surface area contributed by atoms with E-state index in [1.54, 1.807) is 4.90 Å². The first-order valence-electron chi connectivity index (χ1n) is 10.5. The van der Waals surface area contributed by atoms with Crippen molar-refractivity contribution in [2.45, 2.75) is 64.4 Å². The van der Waals surface area contributed by atoms with Crippen molar-refractivity contribution in [1.29, 1.82) is 0 Å². The molecule has 0 bridgehead atoms. The van der Waals surface area contributed by atoms with Crippen molar-refractivity contribution in [2.75, 3.05) is 39.3 Å². The van der Waals surface area contributed by atoms with E-state index in [-0.39, 0.29) is 23.8 Å². The van der Waals surface area contributed by atoms with Gasteiger partial charge in [0.25, 0.3) is 0 Å². The second-order valence-electron chi connectivity index (χ2n) is 8.19. The van der Waals surface area contributed by atoms with Crippen molar-refractivity contribution in [3.63, 3.8) is 0 Å². The van der Waals surface area contributed by atoms with Crippen LogP contribution in [-0.4, -0.2) is 77.5 Å². The van der Waals surface area contributed by atoms with Gasteiger partial charge in [-0.15, -0.1) is 0 Å². The minimum atomic E-state index is -0.431. The molecule has 0 aromatic heterocycles. The fourth-order valence-corrected chi connectivity index (χ4v) is 4.49. The summed E-state index contributed by atoms with van der Waals surface area (Å²) in [7, 11) is 0. The van der Waals surface area contributed by atoms with Crippen molar-refractivity contribution < 1.29 is 19.1 Å². The monoisotopic (exact) mass is 379 g/mol. The number of likely N-dealkylation sites (tertiary alicyclic amines) is 2. The number of hydrogen-bond acceptors (Lipinski definition) is 4. The average molecular weight is 380 g/mol. The number of hydrogen-bond donors (Lipinski definition) is 0. The van der Waals surface area contributed by atoms with Crippen LogP contribution in [-0.2, 0) is 14.3 Å². The van der Waals surface area contributed by atoms with Crippen LogP contribution in [0.3, 0.4) is 0 Å². The quantitative estimate of drug-likeness (QED) is 0.636. The van der Waals surface area contributed by atoms with E-state index in [1.165, 1.54) is 12.8 Å². The maximum Gasteiger partial charge on any atom is 0.410 e. The Morgan fingerprint density at radius 1 is 1.11 bits per heavy atom. The largest absolute Gasteiger partial charge is 0.441 e. The third-order valence-corrected chi connectivity index (χ3v) is 6.25. The molecule has 0 radical (unpaired) electrons. The highest BCUT2D eigenvalue weighted by atomic mass is 16.6. The van der Waals surface area contributed by atoms with Crippen molar-refractivity contribution in [2.24, 2.45) is 5.92 Å². The van der Waals surface area contributed by atoms with Crippen molar-refractivity contribution in [3.8, 4) is 0 Å². The van der Waals surface area contributed by atoms with Crippen molar-refractivity contribution >= 4 is 17.9 Å². The van der Waals surface area contributed by atoms with E-state index in [4.69, 9.17) is 4.74 Å². The molecule has 7 nitrogen and oxygen atoms in total. The van der Waals surface area contributed by atoms with Gasteiger partial charge in [-0.3, -0.25) is 9.59 Å². The molecule has 27 heavy (non-hydrogen) atoms. The summed E-state index contributed by atoms with van der Waals surface area (Å²) in [6.07, 6.45) is 6.05. The van der Waals surface area contributed by atoms with Gasteiger partial charge in [0.05, 0.1) is 12.5 Å². The van der Waals surface area contributed by atoms with E-state index in [0.717, 1.165) is 19.4 Å². The van der Waals surface area contributed by atoms with E-state index in [0.29, 0.717) is 52.0 Å². The Labute approximate surface area is 162 Å². The van der Waals surface area contributed by atoms with Gasteiger partial charge in [-0.1, -0.05) is 26.2 Å². The van der Waals surface area contributed by atoms with Crippen molar-refractivity contribution in [3.05, 3.63) is 0 Å². The second-order valence-corrected chi connectivity index (χ2v) is 8.19. The molecule has 0 aromatic rings. The van der Waals surface area contributed by atoms with Crippen LogP contribution in [0.2, 0.25) is 0 Å². The maximum atomic E-state index is 12.8. The van der Waals surface area contributed by atoms with Gasteiger partial charge >= 0.3 is 6.09 Å². The number of carbonyl (C=O) groups is 3. The van der Waals surface area contributed by atoms with Crippen LogP contribution in [0.1, 0.15) is 58.8 Å². The number of carbonyl (C=O) groups excluding carboxylic acids is 3. The standard InChI is InChI=1S/C20H33N3O4/c1-3-5-6-7-10-23-15-20(27-19(23)26)8-11-22(12-9-20)18(25)16-13-17(24)21(4-2)14-16/h16H,3-15H2,1-2H3/t16-/m1/s1. The Morgan fingerprint density at radius 3 is 2.48 bits per heavy atom. The minimum Gasteiger partial charge on any atom is -0.441 e. The zero-order valence-electron chi connectivity index (χ0n) is 16.7. The number of ether oxygens (including phenoxy) is 1. The summed E-state index contributed by atoms with van der Waals surface area (Å²) in [6.45, 7) is 7.93. The summed E-state index contributed by atoms with van der Waals surface area (Å²) in [5, 5.41) is 0. The number of unbranched alkanes of at least 4 members (excludes halogenated alkanes) is 3. The highest BCUT2D eigenvalue weighted by Gasteiger charge is 2.48. The molecule has 3 fully saturated rings. The summed E-state index contributed by atoms with van der Waals surface area (Å²) < 4.78 is 5.75. The fourth-order valence-electron chi connectivity index (χ4n) is 4.49. The molecule has 0 N–H and O–H groups in total.